The monoisotopic (exact) mass is 215 g/mol. The second-order valence-corrected chi connectivity index (χ2v) is 4.66. The van der Waals surface area contributed by atoms with Gasteiger partial charge in [0.15, 0.2) is 0 Å². The van der Waals surface area contributed by atoms with Crippen LogP contribution in [0.2, 0.25) is 0 Å². The highest BCUT2D eigenvalue weighted by Gasteiger charge is 2.45. The Labute approximate surface area is 94.1 Å². The minimum Gasteiger partial charge on any atom is -0.327 e. The first-order valence-corrected chi connectivity index (χ1v) is 5.62. The first kappa shape index (κ1) is 9.79. The lowest BCUT2D eigenvalue weighted by molar-refractivity contribution is 0.0421. The smallest absolute Gasteiger partial charge is 0.139 e. The maximum atomic E-state index is 14.5. The van der Waals surface area contributed by atoms with E-state index in [1.54, 1.807) is 0 Å². The molecule has 1 fully saturated rings. The van der Waals surface area contributed by atoms with Crippen molar-refractivity contribution in [2.24, 2.45) is 5.73 Å². The Morgan fingerprint density at radius 3 is 2.50 bits per heavy atom. The number of hydrogen-bond donors (Lipinski definition) is 1. The van der Waals surface area contributed by atoms with E-state index in [0.717, 1.165) is 16.3 Å². The summed E-state index contributed by atoms with van der Waals surface area (Å²) in [5.74, 6) is 0. The molecule has 0 aromatic heterocycles. The Morgan fingerprint density at radius 1 is 1.06 bits per heavy atom. The summed E-state index contributed by atoms with van der Waals surface area (Å²) in [4.78, 5) is 0. The van der Waals surface area contributed by atoms with E-state index in [2.05, 4.69) is 0 Å². The van der Waals surface area contributed by atoms with Crippen LogP contribution in [-0.4, -0.2) is 6.04 Å². The maximum absolute atomic E-state index is 14.5. The Morgan fingerprint density at radius 2 is 1.75 bits per heavy atom. The van der Waals surface area contributed by atoms with Gasteiger partial charge in [0.1, 0.15) is 5.67 Å². The molecule has 0 bridgehead atoms. The lowest BCUT2D eigenvalue weighted by Crippen LogP contribution is -2.46. The van der Waals surface area contributed by atoms with E-state index in [-0.39, 0.29) is 6.04 Å². The van der Waals surface area contributed by atoms with Crippen molar-refractivity contribution in [3.05, 3.63) is 48.0 Å². The Hall–Kier alpha value is -1.41. The largest absolute Gasteiger partial charge is 0.327 e. The molecule has 2 N–H and O–H groups in total. The standard InChI is InChI=1S/C14H14FN/c15-14(8-11(16)9-14)13-7-3-5-10-4-1-2-6-12(10)13/h1-7,11H,8-9,16H2. The minimum absolute atomic E-state index is 0.0176. The molecule has 0 heterocycles. The van der Waals surface area contributed by atoms with Crippen LogP contribution in [0.15, 0.2) is 42.5 Å². The van der Waals surface area contributed by atoms with E-state index >= 15 is 0 Å². The van der Waals surface area contributed by atoms with Gasteiger partial charge in [0, 0.05) is 18.9 Å². The van der Waals surface area contributed by atoms with Crippen LogP contribution in [0.1, 0.15) is 18.4 Å². The summed E-state index contributed by atoms with van der Waals surface area (Å²) in [7, 11) is 0. The zero-order chi connectivity index (χ0) is 11.2. The molecular formula is C14H14FN. The van der Waals surface area contributed by atoms with Crippen LogP contribution in [0.5, 0.6) is 0 Å². The summed E-state index contributed by atoms with van der Waals surface area (Å²) in [5, 5.41) is 2.11. The molecular weight excluding hydrogens is 201 g/mol. The molecule has 1 saturated carbocycles. The van der Waals surface area contributed by atoms with Gasteiger partial charge in [-0.2, -0.15) is 0 Å². The molecule has 0 unspecified atom stereocenters. The number of halogens is 1. The Balaban J connectivity index is 2.17. The quantitative estimate of drug-likeness (QED) is 0.777. The number of fused-ring (bicyclic) bond motifs is 1. The third kappa shape index (κ3) is 1.34. The van der Waals surface area contributed by atoms with Gasteiger partial charge in [-0.25, -0.2) is 4.39 Å². The summed E-state index contributed by atoms with van der Waals surface area (Å²) in [5.41, 5.74) is 5.29. The maximum Gasteiger partial charge on any atom is 0.139 e. The van der Waals surface area contributed by atoms with Gasteiger partial charge in [-0.1, -0.05) is 42.5 Å². The van der Waals surface area contributed by atoms with Crippen molar-refractivity contribution in [3.8, 4) is 0 Å². The summed E-state index contributed by atoms with van der Waals surface area (Å²) in [6, 6.07) is 13.8. The lowest BCUT2D eigenvalue weighted by atomic mass is 9.72. The molecule has 0 atom stereocenters. The van der Waals surface area contributed by atoms with Crippen LogP contribution in [-0.2, 0) is 5.67 Å². The molecule has 3 rings (SSSR count). The minimum atomic E-state index is -1.21. The predicted molar refractivity (Wildman–Crippen MR) is 63.9 cm³/mol. The van der Waals surface area contributed by atoms with Gasteiger partial charge < -0.3 is 5.73 Å². The van der Waals surface area contributed by atoms with Gasteiger partial charge in [-0.05, 0) is 16.3 Å². The van der Waals surface area contributed by atoms with Crippen LogP contribution < -0.4 is 5.73 Å². The second-order valence-electron chi connectivity index (χ2n) is 4.66. The first-order valence-electron chi connectivity index (χ1n) is 5.62. The summed E-state index contributed by atoms with van der Waals surface area (Å²) >= 11 is 0. The molecule has 0 radical (unpaired) electrons. The molecule has 82 valence electrons. The van der Waals surface area contributed by atoms with Crippen LogP contribution in [0.25, 0.3) is 10.8 Å². The number of rotatable bonds is 1. The molecule has 1 aliphatic carbocycles. The molecule has 2 heteroatoms. The van der Waals surface area contributed by atoms with Gasteiger partial charge in [-0.3, -0.25) is 0 Å². The van der Waals surface area contributed by atoms with Crippen molar-refractivity contribution in [3.63, 3.8) is 0 Å². The van der Waals surface area contributed by atoms with Crippen LogP contribution in [0, 0.1) is 0 Å². The van der Waals surface area contributed by atoms with Gasteiger partial charge >= 0.3 is 0 Å². The van der Waals surface area contributed by atoms with Crippen molar-refractivity contribution >= 4 is 10.8 Å². The number of benzene rings is 2. The topological polar surface area (TPSA) is 26.0 Å². The number of hydrogen-bond acceptors (Lipinski definition) is 1. The predicted octanol–water partition coefficient (Wildman–Crippen LogP) is 3.13. The first-order chi connectivity index (χ1) is 7.69. The molecule has 0 amide bonds. The average molecular weight is 215 g/mol. The van der Waals surface area contributed by atoms with Crippen LogP contribution >= 0.6 is 0 Å². The number of alkyl halides is 1. The average Bonchev–Trinajstić information content (AvgIpc) is 2.26. The highest BCUT2D eigenvalue weighted by atomic mass is 19.1. The third-order valence-electron chi connectivity index (χ3n) is 3.44. The fraction of sp³-hybridized carbons (Fsp3) is 0.286. The van der Waals surface area contributed by atoms with E-state index in [1.165, 1.54) is 0 Å². The Bertz CT molecular complexity index is 524. The summed E-state index contributed by atoms with van der Waals surface area (Å²) < 4.78 is 14.5. The van der Waals surface area contributed by atoms with Crippen molar-refractivity contribution < 1.29 is 4.39 Å². The molecule has 0 saturated heterocycles. The Kier molecular flexibility index (Phi) is 2.01. The van der Waals surface area contributed by atoms with Gasteiger partial charge in [-0.15, -0.1) is 0 Å². The third-order valence-corrected chi connectivity index (χ3v) is 3.44. The van der Waals surface area contributed by atoms with E-state index in [0.29, 0.717) is 12.8 Å². The van der Waals surface area contributed by atoms with Gasteiger partial charge in [0.25, 0.3) is 0 Å². The highest BCUT2D eigenvalue weighted by Crippen LogP contribution is 2.46. The van der Waals surface area contributed by atoms with Crippen LogP contribution in [0.3, 0.4) is 0 Å². The lowest BCUT2D eigenvalue weighted by Gasteiger charge is -2.40. The van der Waals surface area contributed by atoms with Gasteiger partial charge in [0.05, 0.1) is 0 Å². The molecule has 16 heavy (non-hydrogen) atoms. The van der Waals surface area contributed by atoms with Gasteiger partial charge in [0.2, 0.25) is 0 Å². The fourth-order valence-electron chi connectivity index (χ4n) is 2.61. The molecule has 0 spiro atoms. The van der Waals surface area contributed by atoms with Crippen molar-refractivity contribution in [2.45, 2.75) is 24.6 Å². The SMILES string of the molecule is NC1CC(F)(c2cccc3ccccc23)C1. The van der Waals surface area contributed by atoms with E-state index < -0.39 is 5.67 Å². The molecule has 0 aliphatic heterocycles. The summed E-state index contributed by atoms with van der Waals surface area (Å²) in [6.07, 6.45) is 0.891. The fourth-order valence-corrected chi connectivity index (χ4v) is 2.61. The zero-order valence-corrected chi connectivity index (χ0v) is 8.99. The highest BCUT2D eigenvalue weighted by molar-refractivity contribution is 5.86. The second kappa shape index (κ2) is 3.29. The van der Waals surface area contributed by atoms with E-state index in [1.807, 2.05) is 42.5 Å². The van der Waals surface area contributed by atoms with E-state index in [4.69, 9.17) is 5.73 Å². The van der Waals surface area contributed by atoms with Crippen LogP contribution in [0.4, 0.5) is 4.39 Å². The van der Waals surface area contributed by atoms with Crippen molar-refractivity contribution in [1.82, 2.24) is 0 Å². The van der Waals surface area contributed by atoms with Crippen molar-refractivity contribution in [2.75, 3.05) is 0 Å². The molecule has 2 aromatic carbocycles. The van der Waals surface area contributed by atoms with E-state index in [9.17, 15) is 4.39 Å². The summed E-state index contributed by atoms with van der Waals surface area (Å²) in [6.45, 7) is 0. The zero-order valence-electron chi connectivity index (χ0n) is 8.99. The molecule has 1 aliphatic rings. The normalized spacial score (nSPS) is 29.0. The molecule has 1 nitrogen and oxygen atoms in total. The van der Waals surface area contributed by atoms with Crippen molar-refractivity contribution in [1.29, 1.82) is 0 Å². The number of nitrogens with two attached hydrogens (primary N) is 1. The molecule has 2 aromatic rings.